The van der Waals surface area contributed by atoms with Crippen LogP contribution >= 0.6 is 0 Å². The Balaban J connectivity index is -0.000000117. The minimum Gasteiger partial charge on any atom is -0.459 e. The van der Waals surface area contributed by atoms with Gasteiger partial charge >= 0.3 is 5.97 Å². The molecule has 0 rings (SSSR count). The van der Waals surface area contributed by atoms with E-state index in [2.05, 4.69) is 24.5 Å². The van der Waals surface area contributed by atoms with Crippen molar-refractivity contribution in [3.05, 3.63) is 25.8 Å². The van der Waals surface area contributed by atoms with Gasteiger partial charge in [-0.25, -0.2) is 4.79 Å². The van der Waals surface area contributed by atoms with E-state index in [0.29, 0.717) is 0 Å². The summed E-state index contributed by atoms with van der Waals surface area (Å²) in [5, 5.41) is 16.8. The van der Waals surface area contributed by atoms with E-state index in [1.807, 2.05) is 0 Å². The second kappa shape index (κ2) is 17.8. The first-order valence-electron chi connectivity index (χ1n) is 3.28. The Labute approximate surface area is 84.1 Å². The van der Waals surface area contributed by atoms with Crippen molar-refractivity contribution in [3.8, 4) is 0 Å². The zero-order valence-electron chi connectivity index (χ0n) is 8.32. The molecule has 0 saturated heterocycles. The highest BCUT2D eigenvalue weighted by atomic mass is 16.5. The Bertz CT molecular complexity index is 141. The van der Waals surface area contributed by atoms with E-state index in [1.165, 1.54) is 6.08 Å². The van der Waals surface area contributed by atoms with Gasteiger partial charge < -0.3 is 27.3 Å². The third-order valence-corrected chi connectivity index (χ3v) is 0.788. The molecule has 0 aliphatic rings. The van der Waals surface area contributed by atoms with Crippen LogP contribution in [0.3, 0.4) is 0 Å². The summed E-state index contributed by atoms with van der Waals surface area (Å²) in [7, 11) is 0. The highest BCUT2D eigenvalue weighted by molar-refractivity contribution is 5.74. The van der Waals surface area contributed by atoms with E-state index in [-0.39, 0.29) is 18.9 Å². The summed E-state index contributed by atoms with van der Waals surface area (Å²) in [6.07, 6.45) is -0.0536. The minimum atomic E-state index is -1.43. The molecule has 0 aromatic heterocycles. The fraction of sp³-hybridized carbons (Fsp3) is 0.375. The fourth-order valence-corrected chi connectivity index (χ4v) is 0.312. The maximum atomic E-state index is 10.5. The van der Waals surface area contributed by atoms with Crippen molar-refractivity contribution < 1.29 is 19.7 Å². The van der Waals surface area contributed by atoms with Crippen molar-refractivity contribution in [2.24, 2.45) is 0 Å². The molecule has 6 nitrogen and oxygen atoms in total. The van der Waals surface area contributed by atoms with Gasteiger partial charge in [0.1, 0.15) is 6.61 Å². The number of carbonyl (C=O) groups excluding carboxylic acids is 1. The van der Waals surface area contributed by atoms with Gasteiger partial charge in [0.15, 0.2) is 6.10 Å². The Kier molecular flexibility index (Phi) is 29.2. The molecular formula is C8H20N2O4. The molecule has 8 N–H and O–H groups in total. The number of esters is 1. The molecule has 0 aliphatic carbocycles. The summed E-state index contributed by atoms with van der Waals surface area (Å²) in [4.78, 5) is 10.5. The average Bonchev–Trinajstić information content (AvgIpc) is 2.16. The van der Waals surface area contributed by atoms with Crippen LogP contribution in [0.4, 0.5) is 0 Å². The molecule has 0 fully saturated rings. The molecule has 1 unspecified atom stereocenters. The Morgan fingerprint density at radius 2 is 1.86 bits per heavy atom. The predicted octanol–water partition coefficient (Wildman–Crippen LogP) is 0.195. The van der Waals surface area contributed by atoms with Gasteiger partial charge in [-0.1, -0.05) is 12.7 Å². The average molecular weight is 208 g/mol. The molecule has 0 aliphatic heterocycles. The standard InChI is InChI=1S/C6H10O4.C2H4.2H3N/c1-2-3-10-6(9)5(8)4-7;1-2;;/h2,5,7-8H,1,3-4H2;1-2H2;2*1H3. The molecule has 0 radical (unpaired) electrons. The second-order valence-electron chi connectivity index (χ2n) is 1.62. The molecule has 14 heavy (non-hydrogen) atoms. The lowest BCUT2D eigenvalue weighted by Gasteiger charge is -2.04. The molecule has 0 aromatic carbocycles. The molecule has 0 bridgehead atoms. The van der Waals surface area contributed by atoms with E-state index in [1.54, 1.807) is 0 Å². The Morgan fingerprint density at radius 1 is 1.43 bits per heavy atom. The summed E-state index contributed by atoms with van der Waals surface area (Å²) in [6, 6.07) is 0. The van der Waals surface area contributed by atoms with Crippen LogP contribution in [0.5, 0.6) is 0 Å². The first-order valence-corrected chi connectivity index (χ1v) is 3.28. The maximum Gasteiger partial charge on any atom is 0.337 e. The predicted molar refractivity (Wildman–Crippen MR) is 55.5 cm³/mol. The minimum absolute atomic E-state index is 0. The molecule has 0 saturated carbocycles. The third-order valence-electron chi connectivity index (χ3n) is 0.788. The number of hydrogen-bond acceptors (Lipinski definition) is 6. The van der Waals surface area contributed by atoms with Crippen LogP contribution < -0.4 is 12.3 Å². The van der Waals surface area contributed by atoms with Gasteiger partial charge in [0, 0.05) is 0 Å². The van der Waals surface area contributed by atoms with Gasteiger partial charge in [0.25, 0.3) is 0 Å². The van der Waals surface area contributed by atoms with Gasteiger partial charge in [-0.3, -0.25) is 0 Å². The highest BCUT2D eigenvalue weighted by Gasteiger charge is 2.13. The number of carbonyl (C=O) groups is 1. The van der Waals surface area contributed by atoms with Crippen LogP contribution in [0.25, 0.3) is 0 Å². The normalized spacial score (nSPS) is 9.00. The third kappa shape index (κ3) is 13.4. The van der Waals surface area contributed by atoms with Crippen LogP contribution in [-0.4, -0.2) is 35.5 Å². The summed E-state index contributed by atoms with van der Waals surface area (Å²) in [5.41, 5.74) is 0. The van der Waals surface area contributed by atoms with Crippen molar-refractivity contribution in [2.75, 3.05) is 13.2 Å². The number of aliphatic hydroxyl groups excluding tert-OH is 2. The van der Waals surface area contributed by atoms with Gasteiger partial charge in [0.05, 0.1) is 6.61 Å². The van der Waals surface area contributed by atoms with E-state index in [9.17, 15) is 4.79 Å². The molecule has 0 spiro atoms. The lowest BCUT2D eigenvalue weighted by Crippen LogP contribution is -2.26. The van der Waals surface area contributed by atoms with E-state index < -0.39 is 18.7 Å². The smallest absolute Gasteiger partial charge is 0.337 e. The first-order chi connectivity index (χ1) is 5.72. The molecule has 0 heterocycles. The van der Waals surface area contributed by atoms with Gasteiger partial charge in [-0.15, -0.1) is 13.2 Å². The molecule has 0 amide bonds. The van der Waals surface area contributed by atoms with E-state index in [4.69, 9.17) is 10.2 Å². The molecule has 6 heteroatoms. The van der Waals surface area contributed by atoms with Crippen LogP contribution in [0.1, 0.15) is 0 Å². The summed E-state index contributed by atoms with van der Waals surface area (Å²) in [6.45, 7) is 8.73. The van der Waals surface area contributed by atoms with E-state index in [0.717, 1.165) is 0 Å². The molecule has 1 atom stereocenters. The molecule has 0 aromatic rings. The quantitative estimate of drug-likeness (QED) is 0.384. The van der Waals surface area contributed by atoms with Crippen LogP contribution in [0.2, 0.25) is 0 Å². The largest absolute Gasteiger partial charge is 0.459 e. The fourth-order valence-electron chi connectivity index (χ4n) is 0.312. The second-order valence-corrected chi connectivity index (χ2v) is 1.62. The Morgan fingerprint density at radius 3 is 2.14 bits per heavy atom. The highest BCUT2D eigenvalue weighted by Crippen LogP contribution is 1.86. The zero-order valence-corrected chi connectivity index (χ0v) is 8.32. The maximum absolute atomic E-state index is 10.5. The molecule has 86 valence electrons. The van der Waals surface area contributed by atoms with Crippen molar-refractivity contribution in [1.29, 1.82) is 0 Å². The van der Waals surface area contributed by atoms with Crippen molar-refractivity contribution in [3.63, 3.8) is 0 Å². The lowest BCUT2D eigenvalue weighted by molar-refractivity contribution is -0.154. The van der Waals surface area contributed by atoms with Crippen LogP contribution in [-0.2, 0) is 9.53 Å². The number of ether oxygens (including phenoxy) is 1. The molecular weight excluding hydrogens is 188 g/mol. The van der Waals surface area contributed by atoms with Crippen molar-refractivity contribution >= 4 is 5.97 Å². The number of aliphatic hydroxyl groups is 2. The van der Waals surface area contributed by atoms with Gasteiger partial charge in [-0.2, -0.15) is 0 Å². The zero-order chi connectivity index (χ0) is 9.98. The first kappa shape index (κ1) is 23.0. The summed E-state index contributed by atoms with van der Waals surface area (Å²) in [5.74, 6) is -0.831. The van der Waals surface area contributed by atoms with Crippen LogP contribution in [0, 0.1) is 0 Å². The van der Waals surface area contributed by atoms with E-state index >= 15 is 0 Å². The van der Waals surface area contributed by atoms with Crippen molar-refractivity contribution in [1.82, 2.24) is 12.3 Å². The topological polar surface area (TPSA) is 137 Å². The van der Waals surface area contributed by atoms with Gasteiger partial charge in [0.2, 0.25) is 0 Å². The SMILES string of the molecule is C=C.C=CCOC(=O)C(O)CO.N.N. The van der Waals surface area contributed by atoms with Gasteiger partial charge in [-0.05, 0) is 0 Å². The summed E-state index contributed by atoms with van der Waals surface area (Å²) >= 11 is 0. The number of hydrogen-bond donors (Lipinski definition) is 4. The number of rotatable bonds is 4. The monoisotopic (exact) mass is 208 g/mol. The lowest BCUT2D eigenvalue weighted by atomic mass is 10.4. The Hall–Kier alpha value is -1.21. The van der Waals surface area contributed by atoms with Crippen molar-refractivity contribution in [2.45, 2.75) is 6.10 Å². The van der Waals surface area contributed by atoms with Crippen LogP contribution in [0.15, 0.2) is 25.8 Å². The summed E-state index contributed by atoms with van der Waals surface area (Å²) < 4.78 is 4.38.